The average Bonchev–Trinajstić information content (AvgIpc) is 2.67. The molecule has 5 heteroatoms. The lowest BCUT2D eigenvalue weighted by molar-refractivity contribution is -0.143. The molecule has 2 aromatic carbocycles. The molecule has 0 saturated carbocycles. The molecule has 0 bridgehead atoms. The summed E-state index contributed by atoms with van der Waals surface area (Å²) in [6.07, 6.45) is 5.07. The van der Waals surface area contributed by atoms with Gasteiger partial charge in [0.15, 0.2) is 0 Å². The van der Waals surface area contributed by atoms with Crippen molar-refractivity contribution < 1.29 is 9.90 Å². The second-order valence-corrected chi connectivity index (χ2v) is 8.06. The molecule has 142 valence electrons. The number of carboxylic acids is 1. The summed E-state index contributed by atoms with van der Waals surface area (Å²) in [5.74, 6) is -0.857. The minimum Gasteiger partial charge on any atom is -0.481 e. The van der Waals surface area contributed by atoms with Gasteiger partial charge in [0.2, 0.25) is 0 Å². The van der Waals surface area contributed by atoms with E-state index >= 15 is 0 Å². The lowest BCUT2D eigenvalue weighted by atomic mass is 9.95. The van der Waals surface area contributed by atoms with Gasteiger partial charge in [-0.3, -0.25) is 4.79 Å². The predicted molar refractivity (Wildman–Crippen MR) is 113 cm³/mol. The van der Waals surface area contributed by atoms with Crippen LogP contribution in [0.2, 0.25) is 0 Å². The quantitative estimate of drug-likeness (QED) is 0.653. The van der Waals surface area contributed by atoms with Crippen LogP contribution in [0.1, 0.15) is 30.4 Å². The van der Waals surface area contributed by atoms with Gasteiger partial charge in [-0.15, -0.1) is 12.4 Å². The second-order valence-electron chi connectivity index (χ2n) is 6.98. The summed E-state index contributed by atoms with van der Waals surface area (Å²) in [4.78, 5) is 16.2. The number of nitrogens with zero attached hydrogens (tertiary/aromatic N) is 1. The van der Waals surface area contributed by atoms with Crippen molar-refractivity contribution in [2.45, 2.75) is 29.1 Å². The Hall–Kier alpha value is -1.75. The van der Waals surface area contributed by atoms with Gasteiger partial charge in [-0.05, 0) is 54.6 Å². The lowest BCUT2D eigenvalue weighted by Crippen LogP contribution is -2.39. The Labute approximate surface area is 170 Å². The van der Waals surface area contributed by atoms with Crippen LogP contribution in [-0.4, -0.2) is 35.6 Å². The van der Waals surface area contributed by atoms with Crippen molar-refractivity contribution in [2.24, 2.45) is 5.92 Å². The SMILES string of the molecule is Cl.O=C(O)C1CCCN(CCC=C2c3ccccc3Sc3ccccc32)C1. The van der Waals surface area contributed by atoms with Gasteiger partial charge in [0.1, 0.15) is 0 Å². The average molecular weight is 402 g/mol. The summed E-state index contributed by atoms with van der Waals surface area (Å²) in [6, 6.07) is 17.2. The zero-order chi connectivity index (χ0) is 17.9. The van der Waals surface area contributed by atoms with Gasteiger partial charge >= 0.3 is 5.97 Å². The molecule has 0 spiro atoms. The summed E-state index contributed by atoms with van der Waals surface area (Å²) < 4.78 is 0. The van der Waals surface area contributed by atoms with E-state index in [1.54, 1.807) is 0 Å². The van der Waals surface area contributed by atoms with E-state index in [1.165, 1.54) is 26.5 Å². The fraction of sp³-hybridized carbons (Fsp3) is 0.318. The van der Waals surface area contributed by atoms with Crippen LogP contribution in [0.4, 0.5) is 0 Å². The molecule has 1 saturated heterocycles. The summed E-state index contributed by atoms with van der Waals surface area (Å²) in [5, 5.41) is 9.26. The lowest BCUT2D eigenvalue weighted by Gasteiger charge is -2.30. The Balaban J connectivity index is 0.00000210. The van der Waals surface area contributed by atoms with Crippen LogP contribution < -0.4 is 0 Å². The third-order valence-electron chi connectivity index (χ3n) is 5.22. The highest BCUT2D eigenvalue weighted by molar-refractivity contribution is 7.99. The maximum absolute atomic E-state index is 11.3. The molecule has 1 atom stereocenters. The molecule has 0 aliphatic carbocycles. The van der Waals surface area contributed by atoms with Gasteiger partial charge in [0, 0.05) is 22.9 Å². The molecule has 0 radical (unpaired) electrons. The van der Waals surface area contributed by atoms with Crippen LogP contribution in [0, 0.1) is 5.92 Å². The maximum Gasteiger partial charge on any atom is 0.307 e. The molecular weight excluding hydrogens is 378 g/mol. The van der Waals surface area contributed by atoms with Crippen molar-refractivity contribution in [2.75, 3.05) is 19.6 Å². The molecule has 27 heavy (non-hydrogen) atoms. The zero-order valence-corrected chi connectivity index (χ0v) is 16.8. The van der Waals surface area contributed by atoms with E-state index in [9.17, 15) is 9.90 Å². The smallest absolute Gasteiger partial charge is 0.307 e. The topological polar surface area (TPSA) is 40.5 Å². The van der Waals surface area contributed by atoms with Gasteiger partial charge in [0.05, 0.1) is 5.92 Å². The summed E-state index contributed by atoms with van der Waals surface area (Å²) >= 11 is 1.83. The number of carbonyl (C=O) groups is 1. The zero-order valence-electron chi connectivity index (χ0n) is 15.1. The summed E-state index contributed by atoms with van der Waals surface area (Å²) in [6.45, 7) is 2.61. The Morgan fingerprint density at radius 3 is 2.37 bits per heavy atom. The monoisotopic (exact) mass is 401 g/mol. The van der Waals surface area contributed by atoms with Crippen molar-refractivity contribution in [3.8, 4) is 0 Å². The number of fused-ring (bicyclic) bond motifs is 2. The second kappa shape index (κ2) is 8.96. The molecule has 2 heterocycles. The highest BCUT2D eigenvalue weighted by atomic mass is 35.5. The highest BCUT2D eigenvalue weighted by Gasteiger charge is 2.25. The highest BCUT2D eigenvalue weighted by Crippen LogP contribution is 2.45. The third kappa shape index (κ3) is 4.40. The number of likely N-dealkylation sites (tertiary alicyclic amines) is 1. The van der Waals surface area contributed by atoms with Crippen molar-refractivity contribution in [1.82, 2.24) is 4.90 Å². The van der Waals surface area contributed by atoms with Gasteiger partial charge < -0.3 is 10.0 Å². The molecule has 3 nitrogen and oxygen atoms in total. The maximum atomic E-state index is 11.3. The number of hydrogen-bond donors (Lipinski definition) is 1. The van der Waals surface area contributed by atoms with Crippen LogP contribution in [0.15, 0.2) is 64.4 Å². The molecule has 2 aliphatic rings. The Bertz CT molecular complexity index is 804. The molecule has 0 aromatic heterocycles. The van der Waals surface area contributed by atoms with Gasteiger partial charge in [-0.25, -0.2) is 0 Å². The van der Waals surface area contributed by atoms with E-state index in [4.69, 9.17) is 0 Å². The Kier molecular flexibility index (Phi) is 6.64. The first-order valence-corrected chi connectivity index (χ1v) is 10.1. The van der Waals surface area contributed by atoms with Crippen LogP contribution in [-0.2, 0) is 4.79 Å². The van der Waals surface area contributed by atoms with E-state index < -0.39 is 5.97 Å². The fourth-order valence-corrected chi connectivity index (χ4v) is 5.00. The fourth-order valence-electron chi connectivity index (χ4n) is 3.89. The minimum atomic E-state index is -0.653. The number of benzene rings is 2. The Morgan fingerprint density at radius 1 is 1.11 bits per heavy atom. The first-order valence-electron chi connectivity index (χ1n) is 9.24. The van der Waals surface area contributed by atoms with Crippen LogP contribution in [0.25, 0.3) is 5.57 Å². The molecular formula is C22H24ClNO2S. The number of rotatable bonds is 4. The molecule has 0 amide bonds. The normalized spacial score (nSPS) is 18.8. The number of piperidine rings is 1. The minimum absolute atomic E-state index is 0. The third-order valence-corrected chi connectivity index (χ3v) is 6.37. The number of carboxylic acid groups (broad SMARTS) is 1. The van der Waals surface area contributed by atoms with E-state index in [0.29, 0.717) is 6.54 Å². The first kappa shape index (κ1) is 20.0. The summed E-state index contributed by atoms with van der Waals surface area (Å²) in [7, 11) is 0. The van der Waals surface area contributed by atoms with Crippen LogP contribution in [0.5, 0.6) is 0 Å². The predicted octanol–water partition coefficient (Wildman–Crippen LogP) is 5.19. The number of hydrogen-bond acceptors (Lipinski definition) is 3. The van der Waals surface area contributed by atoms with E-state index in [2.05, 4.69) is 59.5 Å². The molecule has 2 aliphatic heterocycles. The number of aliphatic carboxylic acids is 1. The van der Waals surface area contributed by atoms with Crippen LogP contribution >= 0.6 is 24.2 Å². The molecule has 1 unspecified atom stereocenters. The number of halogens is 1. The van der Waals surface area contributed by atoms with E-state index in [-0.39, 0.29) is 18.3 Å². The van der Waals surface area contributed by atoms with E-state index in [0.717, 1.165) is 32.4 Å². The molecule has 4 rings (SSSR count). The van der Waals surface area contributed by atoms with Crippen molar-refractivity contribution in [1.29, 1.82) is 0 Å². The molecule has 1 fully saturated rings. The van der Waals surface area contributed by atoms with Crippen molar-refractivity contribution in [3.05, 3.63) is 65.7 Å². The van der Waals surface area contributed by atoms with Gasteiger partial charge in [-0.2, -0.15) is 0 Å². The van der Waals surface area contributed by atoms with E-state index in [1.807, 2.05) is 11.8 Å². The summed E-state index contributed by atoms with van der Waals surface area (Å²) in [5.41, 5.74) is 3.92. The largest absolute Gasteiger partial charge is 0.481 e. The van der Waals surface area contributed by atoms with Crippen LogP contribution in [0.3, 0.4) is 0 Å². The van der Waals surface area contributed by atoms with Gasteiger partial charge in [-0.1, -0.05) is 54.2 Å². The standard InChI is InChI=1S/C22H23NO2S.ClH/c24-22(25)16-7-5-13-23(15-16)14-6-10-17-18-8-1-3-11-20(18)26-21-12-4-2-9-19(17)21;/h1-4,8-12,16H,5-7,13-15H2,(H,24,25);1H. The molecule has 2 aromatic rings. The Morgan fingerprint density at radius 2 is 1.74 bits per heavy atom. The van der Waals surface area contributed by atoms with Crippen molar-refractivity contribution >= 4 is 35.7 Å². The first-order chi connectivity index (χ1) is 12.7. The van der Waals surface area contributed by atoms with Crippen molar-refractivity contribution in [3.63, 3.8) is 0 Å². The van der Waals surface area contributed by atoms with Gasteiger partial charge in [0.25, 0.3) is 0 Å². The molecule has 1 N–H and O–H groups in total.